The van der Waals surface area contributed by atoms with Gasteiger partial charge in [0.15, 0.2) is 5.96 Å². The minimum atomic E-state index is 0.546. The molecule has 3 rings (SSSR count). The highest BCUT2D eigenvalue weighted by atomic mass is 35.5. The number of guanidine groups is 1. The first-order valence-electron chi connectivity index (χ1n) is 8.86. The normalized spacial score (nSPS) is 22.0. The van der Waals surface area contributed by atoms with E-state index >= 15 is 0 Å². The summed E-state index contributed by atoms with van der Waals surface area (Å²) in [6.45, 7) is 6.93. The number of benzene rings is 1. The highest BCUT2D eigenvalue weighted by Gasteiger charge is 2.34. The second kappa shape index (κ2) is 8.41. The third kappa shape index (κ3) is 5.01. The number of likely N-dealkylation sites (tertiary alicyclic amines) is 1. The van der Waals surface area contributed by atoms with Gasteiger partial charge in [-0.05, 0) is 56.3 Å². The van der Waals surface area contributed by atoms with Crippen LogP contribution in [0.5, 0.6) is 0 Å². The maximum atomic E-state index is 6.22. The summed E-state index contributed by atoms with van der Waals surface area (Å²) in [5, 5.41) is 8.11. The predicted molar refractivity (Wildman–Crippen MR) is 102 cm³/mol. The van der Waals surface area contributed by atoms with Crippen LogP contribution >= 0.6 is 23.2 Å². The number of nitrogens with zero attached hydrogens (tertiary/aromatic N) is 2. The first-order valence-corrected chi connectivity index (χ1v) is 9.61. The SMILES string of the molecule is CCNC(=NCc1ccc(Cl)cc1Cl)NCC1CCN(C2CC2)C1. The molecule has 4 nitrogen and oxygen atoms in total. The van der Waals surface area contributed by atoms with Crippen molar-refractivity contribution in [3.63, 3.8) is 0 Å². The first kappa shape index (κ1) is 17.8. The van der Waals surface area contributed by atoms with E-state index in [1.807, 2.05) is 12.1 Å². The molecule has 1 aromatic carbocycles. The zero-order valence-electron chi connectivity index (χ0n) is 14.2. The first-order chi connectivity index (χ1) is 11.7. The quantitative estimate of drug-likeness (QED) is 0.595. The molecule has 6 heteroatoms. The van der Waals surface area contributed by atoms with E-state index in [-0.39, 0.29) is 0 Å². The van der Waals surface area contributed by atoms with E-state index < -0.39 is 0 Å². The van der Waals surface area contributed by atoms with Crippen molar-refractivity contribution in [1.29, 1.82) is 0 Å². The molecule has 1 aliphatic carbocycles. The summed E-state index contributed by atoms with van der Waals surface area (Å²) in [4.78, 5) is 7.30. The topological polar surface area (TPSA) is 39.7 Å². The lowest BCUT2D eigenvalue weighted by Gasteiger charge is -2.17. The van der Waals surface area contributed by atoms with Crippen molar-refractivity contribution in [3.8, 4) is 0 Å². The van der Waals surface area contributed by atoms with Gasteiger partial charge >= 0.3 is 0 Å². The van der Waals surface area contributed by atoms with Crippen LogP contribution in [0.2, 0.25) is 10.0 Å². The molecule has 1 saturated heterocycles. The van der Waals surface area contributed by atoms with E-state index in [9.17, 15) is 0 Å². The Kier molecular flexibility index (Phi) is 6.25. The van der Waals surface area contributed by atoms with Crippen LogP contribution in [-0.4, -0.2) is 43.1 Å². The van der Waals surface area contributed by atoms with Gasteiger partial charge in [-0.3, -0.25) is 0 Å². The van der Waals surface area contributed by atoms with Crippen LogP contribution in [0, 0.1) is 5.92 Å². The monoisotopic (exact) mass is 368 g/mol. The summed E-state index contributed by atoms with van der Waals surface area (Å²) in [6, 6.07) is 6.43. The maximum Gasteiger partial charge on any atom is 0.191 e. The molecule has 0 spiro atoms. The maximum absolute atomic E-state index is 6.22. The van der Waals surface area contributed by atoms with Crippen molar-refractivity contribution in [2.24, 2.45) is 10.9 Å². The predicted octanol–water partition coefficient (Wildman–Crippen LogP) is 3.53. The molecule has 1 heterocycles. The second-order valence-corrected chi connectivity index (χ2v) is 7.54. The average molecular weight is 369 g/mol. The van der Waals surface area contributed by atoms with Crippen LogP contribution in [0.15, 0.2) is 23.2 Å². The van der Waals surface area contributed by atoms with Crippen LogP contribution in [0.25, 0.3) is 0 Å². The lowest BCUT2D eigenvalue weighted by atomic mass is 10.1. The third-order valence-corrected chi connectivity index (χ3v) is 5.29. The van der Waals surface area contributed by atoms with Crippen molar-refractivity contribution in [2.45, 2.75) is 38.8 Å². The van der Waals surface area contributed by atoms with Gasteiger partial charge in [-0.1, -0.05) is 29.3 Å². The highest BCUT2D eigenvalue weighted by Crippen LogP contribution is 2.31. The highest BCUT2D eigenvalue weighted by molar-refractivity contribution is 6.35. The molecule has 0 radical (unpaired) electrons. The average Bonchev–Trinajstić information content (AvgIpc) is 3.30. The molecule has 1 unspecified atom stereocenters. The Morgan fingerprint density at radius 3 is 2.79 bits per heavy atom. The fourth-order valence-electron chi connectivity index (χ4n) is 3.20. The summed E-state index contributed by atoms with van der Waals surface area (Å²) in [5.74, 6) is 1.57. The van der Waals surface area contributed by atoms with Crippen LogP contribution in [0.4, 0.5) is 0 Å². The number of hydrogen-bond donors (Lipinski definition) is 2. The second-order valence-electron chi connectivity index (χ2n) is 6.69. The molecule has 0 bridgehead atoms. The van der Waals surface area contributed by atoms with E-state index in [1.165, 1.54) is 32.4 Å². The minimum Gasteiger partial charge on any atom is -0.357 e. The smallest absolute Gasteiger partial charge is 0.191 e. The molecule has 2 fully saturated rings. The van der Waals surface area contributed by atoms with Crippen LogP contribution in [0.3, 0.4) is 0 Å². The van der Waals surface area contributed by atoms with Crippen molar-refractivity contribution < 1.29 is 0 Å². The van der Waals surface area contributed by atoms with Gasteiger partial charge in [0.2, 0.25) is 0 Å². The van der Waals surface area contributed by atoms with E-state index in [1.54, 1.807) is 6.07 Å². The summed E-state index contributed by atoms with van der Waals surface area (Å²) >= 11 is 12.2. The molecule has 132 valence electrons. The molecule has 1 aliphatic heterocycles. The van der Waals surface area contributed by atoms with E-state index in [4.69, 9.17) is 23.2 Å². The molecule has 1 atom stereocenters. The van der Waals surface area contributed by atoms with Crippen molar-refractivity contribution in [3.05, 3.63) is 33.8 Å². The Balaban J connectivity index is 1.51. The van der Waals surface area contributed by atoms with Gasteiger partial charge in [0, 0.05) is 35.7 Å². The van der Waals surface area contributed by atoms with Gasteiger partial charge in [0.05, 0.1) is 6.54 Å². The molecule has 0 aromatic heterocycles. The lowest BCUT2D eigenvalue weighted by Crippen LogP contribution is -2.40. The Morgan fingerprint density at radius 1 is 1.25 bits per heavy atom. The molecule has 2 aliphatic rings. The van der Waals surface area contributed by atoms with E-state index in [0.717, 1.165) is 30.7 Å². The van der Waals surface area contributed by atoms with Crippen molar-refractivity contribution in [2.75, 3.05) is 26.2 Å². The Hall–Kier alpha value is -0.970. The summed E-state index contributed by atoms with van der Waals surface area (Å²) in [6.07, 6.45) is 4.07. The van der Waals surface area contributed by atoms with Crippen molar-refractivity contribution in [1.82, 2.24) is 15.5 Å². The third-order valence-electron chi connectivity index (χ3n) is 4.71. The van der Waals surface area contributed by atoms with E-state index in [2.05, 4.69) is 27.4 Å². The van der Waals surface area contributed by atoms with Gasteiger partial charge in [-0.2, -0.15) is 0 Å². The molecule has 1 saturated carbocycles. The number of hydrogen-bond acceptors (Lipinski definition) is 2. The Morgan fingerprint density at radius 2 is 2.08 bits per heavy atom. The number of halogens is 2. The number of rotatable bonds is 6. The molecular weight excluding hydrogens is 343 g/mol. The minimum absolute atomic E-state index is 0.546. The van der Waals surface area contributed by atoms with Gasteiger partial charge in [-0.15, -0.1) is 0 Å². The van der Waals surface area contributed by atoms with Crippen LogP contribution in [-0.2, 0) is 6.54 Å². The molecule has 1 aromatic rings. The molecule has 2 N–H and O–H groups in total. The molecule has 0 amide bonds. The molecular formula is C18H26Cl2N4. The Labute approximate surface area is 154 Å². The number of nitrogens with one attached hydrogen (secondary N) is 2. The number of aliphatic imine (C=N–C) groups is 1. The zero-order valence-corrected chi connectivity index (χ0v) is 15.7. The Bertz CT molecular complexity index is 586. The summed E-state index contributed by atoms with van der Waals surface area (Å²) in [5.41, 5.74) is 0.985. The summed E-state index contributed by atoms with van der Waals surface area (Å²) in [7, 11) is 0. The zero-order chi connectivity index (χ0) is 16.9. The fraction of sp³-hybridized carbons (Fsp3) is 0.611. The van der Waals surface area contributed by atoms with Crippen LogP contribution in [0.1, 0.15) is 31.7 Å². The van der Waals surface area contributed by atoms with Crippen LogP contribution < -0.4 is 10.6 Å². The standard InChI is InChI=1S/C18H26Cl2N4/c1-2-21-18(23-11-14-3-4-15(19)9-17(14)20)22-10-13-7-8-24(12-13)16-5-6-16/h3-4,9,13,16H,2,5-8,10-12H2,1H3,(H2,21,22,23). The summed E-state index contributed by atoms with van der Waals surface area (Å²) < 4.78 is 0. The van der Waals surface area contributed by atoms with Gasteiger partial charge in [-0.25, -0.2) is 4.99 Å². The fourth-order valence-corrected chi connectivity index (χ4v) is 3.67. The van der Waals surface area contributed by atoms with Crippen molar-refractivity contribution >= 4 is 29.2 Å². The van der Waals surface area contributed by atoms with Gasteiger partial charge in [0.25, 0.3) is 0 Å². The van der Waals surface area contributed by atoms with Gasteiger partial charge in [0.1, 0.15) is 0 Å². The lowest BCUT2D eigenvalue weighted by molar-refractivity contribution is 0.314. The largest absolute Gasteiger partial charge is 0.357 e. The van der Waals surface area contributed by atoms with E-state index in [0.29, 0.717) is 22.5 Å². The molecule has 24 heavy (non-hydrogen) atoms. The van der Waals surface area contributed by atoms with Gasteiger partial charge < -0.3 is 15.5 Å².